The number of hydrogen-bond acceptors (Lipinski definition) is 2. The molecule has 8 bridgehead atoms. The van der Waals surface area contributed by atoms with E-state index in [1.807, 2.05) is 83.1 Å². The Morgan fingerprint density at radius 1 is 0.342 bits per heavy atom. The molecule has 0 saturated heterocycles. The average molecular weight is 515 g/mol. The molecule has 0 fully saturated rings. The summed E-state index contributed by atoms with van der Waals surface area (Å²) < 4.78 is 32.6. The summed E-state index contributed by atoms with van der Waals surface area (Å²) >= 11 is 0. The summed E-state index contributed by atoms with van der Waals surface area (Å²) in [7, 11) is 0. The minimum absolute atomic E-state index is 0.515. The van der Waals surface area contributed by atoms with E-state index in [2.05, 4.69) is 0 Å². The topological polar surface area (TPSA) is 35.6 Å². The van der Waals surface area contributed by atoms with Gasteiger partial charge in [-0.3, -0.25) is 0 Å². The second-order valence-corrected chi connectivity index (χ2v) is 11.1. The Morgan fingerprint density at radius 3 is 0.711 bits per heavy atom. The predicted molar refractivity (Wildman–Crippen MR) is 156 cm³/mol. The zero-order valence-electron chi connectivity index (χ0n) is 24.5. The Balaban J connectivity index is 2.20. The maximum atomic E-state index is 16.3. The fourth-order valence-electron chi connectivity index (χ4n) is 6.42. The van der Waals surface area contributed by atoms with Crippen molar-refractivity contribution in [1.29, 1.82) is 0 Å². The van der Waals surface area contributed by atoms with Gasteiger partial charge in [0.2, 0.25) is 0 Å². The van der Waals surface area contributed by atoms with Gasteiger partial charge in [0.25, 0.3) is 0 Å². The van der Waals surface area contributed by atoms with Gasteiger partial charge in [-0.15, -0.1) is 0 Å². The van der Waals surface area contributed by atoms with Crippen molar-refractivity contribution in [2.24, 2.45) is 0 Å². The van der Waals surface area contributed by atoms with Gasteiger partial charge >= 0.3 is 0 Å². The molecule has 0 amide bonds. The normalized spacial score (nSPS) is 13.8. The molecule has 0 spiro atoms. The zero-order valence-corrected chi connectivity index (χ0v) is 24.5. The van der Waals surface area contributed by atoms with E-state index in [0.717, 1.165) is 99.2 Å². The molecule has 5 heterocycles. The van der Waals surface area contributed by atoms with Gasteiger partial charge in [0.15, 0.2) is 0 Å². The molecule has 0 saturated carbocycles. The maximum absolute atomic E-state index is 16.3. The van der Waals surface area contributed by atoms with Crippen LogP contribution in [0, 0.1) is 55.4 Å². The third kappa shape index (κ3) is 3.18. The van der Waals surface area contributed by atoms with Gasteiger partial charge in [0, 0.05) is 22.3 Å². The highest BCUT2D eigenvalue weighted by molar-refractivity contribution is 5.97. The molecule has 2 aliphatic rings. The molecule has 6 heteroatoms. The van der Waals surface area contributed by atoms with Gasteiger partial charge in [-0.05, 0) is 128 Å². The van der Waals surface area contributed by atoms with Crippen molar-refractivity contribution in [2.45, 2.75) is 83.1 Å². The van der Waals surface area contributed by atoms with Crippen molar-refractivity contribution in [1.82, 2.24) is 19.5 Å². The lowest BCUT2D eigenvalue weighted by Crippen LogP contribution is -1.94. The lowest BCUT2D eigenvalue weighted by molar-refractivity contribution is 0.402. The van der Waals surface area contributed by atoms with Gasteiger partial charge in [-0.25, -0.2) is 9.97 Å². The monoisotopic (exact) mass is 514 g/mol. The minimum atomic E-state index is 0.515. The van der Waals surface area contributed by atoms with Crippen LogP contribution in [0.15, 0.2) is 0 Å². The lowest BCUT2D eigenvalue weighted by Gasteiger charge is -2.04. The molecule has 2 aliphatic heterocycles. The van der Waals surface area contributed by atoms with Crippen LogP contribution >= 0.6 is 0 Å². The van der Waals surface area contributed by atoms with Gasteiger partial charge in [-0.2, -0.15) is 9.58 Å². The number of fused-ring (bicyclic) bond motifs is 8. The molecule has 0 unspecified atom stereocenters. The lowest BCUT2D eigenvalue weighted by atomic mass is 10.0. The fourth-order valence-corrected chi connectivity index (χ4v) is 6.42. The van der Waals surface area contributed by atoms with E-state index in [1.54, 1.807) is 0 Å². The zero-order chi connectivity index (χ0) is 28.1. The molecule has 0 N–H and O–H groups in total. The Labute approximate surface area is 223 Å². The van der Waals surface area contributed by atoms with E-state index in [-0.39, 0.29) is 0 Å². The van der Waals surface area contributed by atoms with Gasteiger partial charge in [-0.1, -0.05) is 8.96 Å². The van der Waals surface area contributed by atoms with E-state index in [1.165, 1.54) is 0 Å². The molecule has 38 heavy (non-hydrogen) atoms. The van der Waals surface area contributed by atoms with E-state index in [0.29, 0.717) is 22.1 Å². The predicted octanol–water partition coefficient (Wildman–Crippen LogP) is 9.10. The van der Waals surface area contributed by atoms with Crippen molar-refractivity contribution in [3.8, 4) is 0 Å². The van der Waals surface area contributed by atoms with Crippen LogP contribution in [0.3, 0.4) is 0 Å². The van der Waals surface area contributed by atoms with Crippen LogP contribution in [-0.4, -0.2) is 19.5 Å². The third-order valence-electron chi connectivity index (χ3n) is 9.17. The first kappa shape index (κ1) is 26.1. The highest BCUT2D eigenvalue weighted by Crippen LogP contribution is 2.40. The van der Waals surface area contributed by atoms with Crippen molar-refractivity contribution < 1.29 is 8.96 Å². The fraction of sp³-hybridized carbons (Fsp3) is 0.375. The summed E-state index contributed by atoms with van der Waals surface area (Å²) in [5, 5.41) is 0. The molecule has 3 aromatic heterocycles. The number of halogens is 2. The second-order valence-electron chi connectivity index (χ2n) is 11.1. The third-order valence-corrected chi connectivity index (χ3v) is 9.17. The smallest absolute Gasteiger partial charge is 0.0830 e. The molecule has 198 valence electrons. The SMILES string of the molecule is CC1=C(C)c2nc1c(C)c1c(C)c(C)c(c(C)c3nc(c(C)c4c(C)c(C)c(c2C)n4F)C(C)=C3C)n1F. The van der Waals surface area contributed by atoms with Crippen LogP contribution in [0.25, 0.3) is 44.4 Å². The van der Waals surface area contributed by atoms with Crippen molar-refractivity contribution >= 4 is 44.4 Å². The molecule has 0 aliphatic carbocycles. The summed E-state index contributed by atoms with van der Waals surface area (Å²) in [5.41, 5.74) is 15.5. The summed E-state index contributed by atoms with van der Waals surface area (Å²) in [6.45, 7) is 23.6. The van der Waals surface area contributed by atoms with Crippen molar-refractivity contribution in [3.05, 3.63) is 67.3 Å². The molecule has 4 nitrogen and oxygen atoms in total. The number of nitrogens with zero attached hydrogens (tertiary/aromatic N) is 4. The van der Waals surface area contributed by atoms with Crippen molar-refractivity contribution in [3.63, 3.8) is 0 Å². The Bertz CT molecular complexity index is 1580. The van der Waals surface area contributed by atoms with E-state index >= 15 is 8.96 Å². The first-order valence-corrected chi connectivity index (χ1v) is 13.1. The van der Waals surface area contributed by atoms with Crippen LogP contribution in [0.5, 0.6) is 0 Å². The van der Waals surface area contributed by atoms with E-state index < -0.39 is 0 Å². The molecule has 0 atom stereocenters. The Hall–Kier alpha value is -3.54. The van der Waals surface area contributed by atoms with Gasteiger partial charge in [0.1, 0.15) is 0 Å². The van der Waals surface area contributed by atoms with E-state index in [4.69, 9.17) is 9.97 Å². The number of aryl methyl sites for hydroxylation is 8. The highest BCUT2D eigenvalue weighted by Gasteiger charge is 2.26. The average Bonchev–Trinajstić information content (AvgIpc) is 3.48. The molecule has 5 rings (SSSR count). The molecular weight excluding hydrogens is 478 g/mol. The van der Waals surface area contributed by atoms with Crippen LogP contribution in [0.1, 0.15) is 95.0 Å². The molecule has 0 aromatic carbocycles. The summed E-state index contributed by atoms with van der Waals surface area (Å²) in [4.78, 5) is 11.6. The summed E-state index contributed by atoms with van der Waals surface area (Å²) in [5.74, 6) is 0. The second kappa shape index (κ2) is 8.48. The van der Waals surface area contributed by atoms with E-state index in [9.17, 15) is 0 Å². The number of aromatic nitrogens is 4. The molecule has 3 aromatic rings. The quantitative estimate of drug-likeness (QED) is 0.300. The number of rotatable bonds is 0. The minimum Gasteiger partial charge on any atom is -0.248 e. The standard InChI is InChI=1S/C32H36F2N4/c1-13-14(2)26-22(10)30-19(7)20(8)32(38(30)34)24(12)28-16(4)15(3)27(36-28)23(11)31-18(6)17(5)29(37(31)33)21(9)25(13)35-26/h1-12H3. The molecule has 0 radical (unpaired) electrons. The van der Waals surface area contributed by atoms with Crippen LogP contribution in [0.2, 0.25) is 0 Å². The van der Waals surface area contributed by atoms with Gasteiger partial charge < -0.3 is 0 Å². The first-order valence-electron chi connectivity index (χ1n) is 13.1. The Morgan fingerprint density at radius 2 is 0.526 bits per heavy atom. The first-order chi connectivity index (χ1) is 17.7. The highest BCUT2D eigenvalue weighted by atomic mass is 19.2. The van der Waals surface area contributed by atoms with Crippen LogP contribution in [-0.2, 0) is 0 Å². The Kier molecular flexibility index (Phi) is 5.82. The number of allylic oxidation sites excluding steroid dienone is 4. The molecular formula is C32H36F2N4. The van der Waals surface area contributed by atoms with Crippen molar-refractivity contribution in [2.75, 3.05) is 0 Å². The summed E-state index contributed by atoms with van der Waals surface area (Å²) in [6, 6.07) is 0. The van der Waals surface area contributed by atoms with Gasteiger partial charge in [0.05, 0.1) is 44.8 Å². The largest absolute Gasteiger partial charge is 0.248 e. The van der Waals surface area contributed by atoms with Crippen LogP contribution in [0.4, 0.5) is 8.96 Å². The summed E-state index contributed by atoms with van der Waals surface area (Å²) in [6.07, 6.45) is 0. The maximum Gasteiger partial charge on any atom is 0.0830 e. The number of hydrogen-bond donors (Lipinski definition) is 0. The van der Waals surface area contributed by atoms with Crippen LogP contribution < -0.4 is 0 Å².